The van der Waals surface area contributed by atoms with Crippen LogP contribution in [-0.2, 0) is 13.0 Å². The minimum Gasteiger partial charge on any atom is -0.493 e. The first-order chi connectivity index (χ1) is 16.6. The summed E-state index contributed by atoms with van der Waals surface area (Å²) in [6, 6.07) is 22.9. The van der Waals surface area contributed by atoms with Gasteiger partial charge < -0.3 is 14.4 Å². The van der Waals surface area contributed by atoms with E-state index in [1.165, 1.54) is 11.3 Å². The number of piperazine rings is 1. The SMILES string of the molecule is COc1cc2c(cc1OC)C(=O)/C(=C/c1ccc(N3CCN(Cc4ccccc4)CC3)cc1)C2. The van der Waals surface area contributed by atoms with Gasteiger partial charge in [0.2, 0.25) is 0 Å². The maximum absolute atomic E-state index is 13.0. The number of methoxy groups -OCH3 is 2. The second kappa shape index (κ2) is 9.74. The van der Waals surface area contributed by atoms with Crippen molar-refractivity contribution in [3.05, 3.63) is 94.6 Å². The molecule has 1 saturated heterocycles. The van der Waals surface area contributed by atoms with E-state index in [9.17, 15) is 4.79 Å². The highest BCUT2D eigenvalue weighted by molar-refractivity contribution is 6.16. The van der Waals surface area contributed by atoms with Gasteiger partial charge in [-0.1, -0.05) is 42.5 Å². The van der Waals surface area contributed by atoms with Gasteiger partial charge in [0.1, 0.15) is 0 Å². The monoisotopic (exact) mass is 454 g/mol. The number of benzene rings is 3. The Hall–Kier alpha value is -3.57. The largest absolute Gasteiger partial charge is 0.493 e. The highest BCUT2D eigenvalue weighted by atomic mass is 16.5. The summed E-state index contributed by atoms with van der Waals surface area (Å²) >= 11 is 0. The van der Waals surface area contributed by atoms with Crippen molar-refractivity contribution in [1.82, 2.24) is 4.90 Å². The lowest BCUT2D eigenvalue weighted by molar-refractivity contribution is 0.104. The molecule has 0 spiro atoms. The van der Waals surface area contributed by atoms with Gasteiger partial charge in [0.15, 0.2) is 17.3 Å². The van der Waals surface area contributed by atoms with Crippen molar-refractivity contribution in [2.45, 2.75) is 13.0 Å². The predicted molar refractivity (Wildman–Crippen MR) is 136 cm³/mol. The smallest absolute Gasteiger partial charge is 0.189 e. The summed E-state index contributed by atoms with van der Waals surface area (Å²) in [4.78, 5) is 17.9. The Kier molecular flexibility index (Phi) is 6.37. The van der Waals surface area contributed by atoms with Gasteiger partial charge in [-0.3, -0.25) is 9.69 Å². The van der Waals surface area contributed by atoms with Crippen LogP contribution in [0.5, 0.6) is 11.5 Å². The number of carbonyl (C=O) groups excluding carboxylic acids is 1. The number of ketones is 1. The zero-order valence-electron chi connectivity index (χ0n) is 19.8. The van der Waals surface area contributed by atoms with Crippen LogP contribution in [0.15, 0.2) is 72.3 Å². The second-order valence-corrected chi connectivity index (χ2v) is 8.88. The molecule has 5 heteroatoms. The third-order valence-corrected chi connectivity index (χ3v) is 6.75. The number of hydrogen-bond donors (Lipinski definition) is 0. The molecule has 174 valence electrons. The lowest BCUT2D eigenvalue weighted by atomic mass is 10.1. The van der Waals surface area contributed by atoms with Crippen molar-refractivity contribution in [1.29, 1.82) is 0 Å². The van der Waals surface area contributed by atoms with Crippen LogP contribution in [0.3, 0.4) is 0 Å². The number of nitrogens with zero attached hydrogens (tertiary/aromatic N) is 2. The molecule has 5 nitrogen and oxygen atoms in total. The number of fused-ring (bicyclic) bond motifs is 1. The van der Waals surface area contributed by atoms with Crippen molar-refractivity contribution < 1.29 is 14.3 Å². The predicted octanol–water partition coefficient (Wildman–Crippen LogP) is 4.85. The standard InChI is InChI=1S/C29H30N2O3/c1-33-27-18-23-17-24(29(32)26(23)19-28(27)34-2)16-21-8-10-25(11-9-21)31-14-12-30(13-15-31)20-22-6-4-3-5-7-22/h3-11,16,18-19H,12-15,17,20H2,1-2H3/b24-16+. The highest BCUT2D eigenvalue weighted by Crippen LogP contribution is 2.37. The maximum Gasteiger partial charge on any atom is 0.189 e. The van der Waals surface area contributed by atoms with Gasteiger partial charge in [0, 0.05) is 56.0 Å². The molecule has 0 aromatic heterocycles. The van der Waals surface area contributed by atoms with Crippen molar-refractivity contribution in [2.75, 3.05) is 45.3 Å². The molecule has 0 N–H and O–H groups in total. The fourth-order valence-corrected chi connectivity index (χ4v) is 4.84. The molecule has 1 aliphatic carbocycles. The average molecular weight is 455 g/mol. The third kappa shape index (κ3) is 4.57. The molecular formula is C29H30N2O3. The van der Waals surface area contributed by atoms with Gasteiger partial charge in [-0.25, -0.2) is 0 Å². The van der Waals surface area contributed by atoms with Crippen LogP contribution in [0.25, 0.3) is 6.08 Å². The molecule has 0 amide bonds. The summed E-state index contributed by atoms with van der Waals surface area (Å²) in [6.07, 6.45) is 2.61. The molecule has 1 fully saturated rings. The third-order valence-electron chi connectivity index (χ3n) is 6.75. The van der Waals surface area contributed by atoms with Crippen LogP contribution < -0.4 is 14.4 Å². The van der Waals surface area contributed by atoms with Crippen LogP contribution in [0, 0.1) is 0 Å². The molecular weight excluding hydrogens is 424 g/mol. The Labute approximate surface area is 201 Å². The van der Waals surface area contributed by atoms with E-state index in [4.69, 9.17) is 9.47 Å². The molecule has 3 aromatic carbocycles. The van der Waals surface area contributed by atoms with Crippen LogP contribution >= 0.6 is 0 Å². The van der Waals surface area contributed by atoms with Crippen molar-refractivity contribution in [3.8, 4) is 11.5 Å². The van der Waals surface area contributed by atoms with Crippen molar-refractivity contribution in [3.63, 3.8) is 0 Å². The molecule has 0 bridgehead atoms. The van der Waals surface area contributed by atoms with Crippen molar-refractivity contribution >= 4 is 17.5 Å². The first-order valence-corrected chi connectivity index (χ1v) is 11.8. The minimum absolute atomic E-state index is 0.0644. The molecule has 5 rings (SSSR count). The fraction of sp³-hybridized carbons (Fsp3) is 0.276. The Morgan fingerprint density at radius 3 is 2.21 bits per heavy atom. The molecule has 3 aromatic rings. The van der Waals surface area contributed by atoms with E-state index < -0.39 is 0 Å². The summed E-state index contributed by atoms with van der Waals surface area (Å²) in [5, 5.41) is 0. The van der Waals surface area contributed by atoms with E-state index in [1.54, 1.807) is 20.3 Å². The van der Waals surface area contributed by atoms with Gasteiger partial charge in [0.25, 0.3) is 0 Å². The summed E-state index contributed by atoms with van der Waals surface area (Å²) in [5.41, 5.74) is 6.13. The Balaban J connectivity index is 1.23. The maximum atomic E-state index is 13.0. The second-order valence-electron chi connectivity index (χ2n) is 8.88. The molecule has 0 unspecified atom stereocenters. The molecule has 1 heterocycles. The van der Waals surface area contributed by atoms with Gasteiger partial charge in [-0.05, 0) is 47.0 Å². The van der Waals surface area contributed by atoms with Crippen LogP contribution in [-0.4, -0.2) is 51.1 Å². The topological polar surface area (TPSA) is 42.0 Å². The van der Waals surface area contributed by atoms with Crippen molar-refractivity contribution in [2.24, 2.45) is 0 Å². The van der Waals surface area contributed by atoms with Gasteiger partial charge >= 0.3 is 0 Å². The lowest BCUT2D eigenvalue weighted by Crippen LogP contribution is -2.45. The highest BCUT2D eigenvalue weighted by Gasteiger charge is 2.27. The number of Topliss-reactive ketones (excluding diaryl/α,β-unsaturated/α-hetero) is 1. The Morgan fingerprint density at radius 1 is 0.853 bits per heavy atom. The Morgan fingerprint density at radius 2 is 1.53 bits per heavy atom. The number of hydrogen-bond acceptors (Lipinski definition) is 5. The number of anilines is 1. The van der Waals surface area contributed by atoms with E-state index in [1.807, 2.05) is 12.1 Å². The van der Waals surface area contributed by atoms with Gasteiger partial charge in [-0.15, -0.1) is 0 Å². The zero-order chi connectivity index (χ0) is 23.5. The van der Waals surface area contributed by atoms with Gasteiger partial charge in [-0.2, -0.15) is 0 Å². The quantitative estimate of drug-likeness (QED) is 0.498. The summed E-state index contributed by atoms with van der Waals surface area (Å²) in [5.74, 6) is 1.31. The average Bonchev–Trinajstić information content (AvgIpc) is 3.18. The number of rotatable bonds is 6. The van der Waals surface area contributed by atoms with E-state index >= 15 is 0 Å². The molecule has 34 heavy (non-hydrogen) atoms. The number of allylic oxidation sites excluding steroid dienone is 1. The summed E-state index contributed by atoms with van der Waals surface area (Å²) in [7, 11) is 3.20. The van der Waals surface area contributed by atoms with Crippen LogP contribution in [0.1, 0.15) is 27.0 Å². The summed E-state index contributed by atoms with van der Waals surface area (Å²) in [6.45, 7) is 5.16. The minimum atomic E-state index is 0.0644. The van der Waals surface area contributed by atoms with Crippen LogP contribution in [0.2, 0.25) is 0 Å². The van der Waals surface area contributed by atoms with Crippen LogP contribution in [0.4, 0.5) is 5.69 Å². The molecule has 1 aliphatic heterocycles. The molecule has 0 atom stereocenters. The first-order valence-electron chi connectivity index (χ1n) is 11.8. The van der Waals surface area contributed by atoms with E-state index in [0.29, 0.717) is 23.5 Å². The van der Waals surface area contributed by atoms with E-state index in [0.717, 1.165) is 49.4 Å². The lowest BCUT2D eigenvalue weighted by Gasteiger charge is -2.36. The van der Waals surface area contributed by atoms with E-state index in [-0.39, 0.29) is 5.78 Å². The zero-order valence-corrected chi connectivity index (χ0v) is 19.8. The molecule has 0 radical (unpaired) electrons. The molecule has 0 saturated carbocycles. The summed E-state index contributed by atoms with van der Waals surface area (Å²) < 4.78 is 10.8. The Bertz CT molecular complexity index is 1190. The number of ether oxygens (including phenoxy) is 2. The fourth-order valence-electron chi connectivity index (χ4n) is 4.84. The van der Waals surface area contributed by atoms with Gasteiger partial charge in [0.05, 0.1) is 14.2 Å². The van der Waals surface area contributed by atoms with E-state index in [2.05, 4.69) is 64.4 Å². The molecule has 2 aliphatic rings. The number of carbonyl (C=O) groups is 1. The normalized spacial score (nSPS) is 17.2. The first kappa shape index (κ1) is 22.2.